The van der Waals surface area contributed by atoms with E-state index in [2.05, 4.69) is 15.3 Å². The minimum atomic E-state index is -0.740. The molecule has 8 heteroatoms. The maximum atomic E-state index is 12.3. The number of hydrogen-bond donors (Lipinski definition) is 4. The molecular weight excluding hydrogens is 300 g/mol. The number of amides is 1. The molecule has 0 spiro atoms. The van der Waals surface area contributed by atoms with Gasteiger partial charge in [-0.15, -0.1) is 0 Å². The van der Waals surface area contributed by atoms with Crippen molar-refractivity contribution in [2.24, 2.45) is 5.92 Å². The van der Waals surface area contributed by atoms with E-state index in [1.54, 1.807) is 18.3 Å². The summed E-state index contributed by atoms with van der Waals surface area (Å²) in [6.45, 7) is 0. The van der Waals surface area contributed by atoms with E-state index in [4.69, 9.17) is 0 Å². The van der Waals surface area contributed by atoms with Gasteiger partial charge < -0.3 is 15.4 Å². The van der Waals surface area contributed by atoms with E-state index in [1.165, 1.54) is 0 Å². The van der Waals surface area contributed by atoms with E-state index in [-0.39, 0.29) is 17.7 Å². The van der Waals surface area contributed by atoms with Gasteiger partial charge in [0.25, 0.3) is 11.5 Å². The minimum absolute atomic E-state index is 0.0533. The molecule has 0 aromatic carbocycles. The van der Waals surface area contributed by atoms with Crippen LogP contribution in [0.3, 0.4) is 0 Å². The van der Waals surface area contributed by atoms with Gasteiger partial charge in [-0.2, -0.15) is 0 Å². The van der Waals surface area contributed by atoms with E-state index < -0.39 is 23.2 Å². The Balaban J connectivity index is 1.85. The highest BCUT2D eigenvalue weighted by atomic mass is 16.3. The average Bonchev–Trinajstić information content (AvgIpc) is 2.49. The summed E-state index contributed by atoms with van der Waals surface area (Å²) in [6, 6.07) is 6.01. The molecule has 1 fully saturated rings. The smallest absolute Gasteiger partial charge is 0.326 e. The van der Waals surface area contributed by atoms with E-state index in [0.29, 0.717) is 18.5 Å². The molecule has 1 aliphatic rings. The Morgan fingerprint density at radius 1 is 1.30 bits per heavy atom. The van der Waals surface area contributed by atoms with Gasteiger partial charge in [0.15, 0.2) is 0 Å². The van der Waals surface area contributed by atoms with Crippen LogP contribution in [0.25, 0.3) is 0 Å². The van der Waals surface area contributed by atoms with Gasteiger partial charge in [0, 0.05) is 12.3 Å². The number of carbonyl (C=O) groups is 1. The number of pyridine rings is 1. The lowest BCUT2D eigenvalue weighted by atomic mass is 9.76. The zero-order chi connectivity index (χ0) is 16.4. The van der Waals surface area contributed by atoms with E-state index in [0.717, 1.165) is 6.07 Å². The van der Waals surface area contributed by atoms with Crippen LogP contribution < -0.4 is 16.6 Å². The molecule has 0 saturated heterocycles. The molecule has 1 amide bonds. The first kappa shape index (κ1) is 15.2. The van der Waals surface area contributed by atoms with Gasteiger partial charge in [-0.05, 0) is 30.9 Å². The summed E-state index contributed by atoms with van der Waals surface area (Å²) in [4.78, 5) is 43.5. The van der Waals surface area contributed by atoms with Gasteiger partial charge >= 0.3 is 5.69 Å². The Kier molecular flexibility index (Phi) is 4.07. The highest BCUT2D eigenvalue weighted by Gasteiger charge is 2.36. The second-order valence-electron chi connectivity index (χ2n) is 5.59. The molecule has 0 bridgehead atoms. The largest absolute Gasteiger partial charge is 0.393 e. The second-order valence-corrected chi connectivity index (χ2v) is 5.59. The fourth-order valence-corrected chi connectivity index (χ4v) is 2.71. The van der Waals surface area contributed by atoms with Crippen molar-refractivity contribution in [3.63, 3.8) is 0 Å². The number of aliphatic hydroxyl groups is 1. The Hall–Kier alpha value is -2.74. The first-order valence-corrected chi connectivity index (χ1v) is 7.26. The number of aromatic amines is 2. The third kappa shape index (κ3) is 3.37. The van der Waals surface area contributed by atoms with Gasteiger partial charge in [0.05, 0.1) is 17.8 Å². The fourth-order valence-electron chi connectivity index (χ4n) is 2.71. The number of aromatic nitrogens is 3. The number of rotatable bonds is 4. The highest BCUT2D eigenvalue weighted by molar-refractivity contribution is 5.92. The molecular formula is C15H16N4O4. The maximum absolute atomic E-state index is 12.3. The van der Waals surface area contributed by atoms with Crippen LogP contribution in [0.2, 0.25) is 0 Å². The molecule has 0 aliphatic heterocycles. The van der Waals surface area contributed by atoms with Crippen LogP contribution >= 0.6 is 0 Å². The predicted octanol–water partition coefficient (Wildman–Crippen LogP) is -0.300. The number of nitrogens with zero attached hydrogens (tertiary/aromatic N) is 1. The maximum Gasteiger partial charge on any atom is 0.326 e. The quantitative estimate of drug-likeness (QED) is 0.616. The van der Waals surface area contributed by atoms with Crippen LogP contribution in [0.15, 0.2) is 40.1 Å². The van der Waals surface area contributed by atoms with Crippen molar-refractivity contribution < 1.29 is 9.90 Å². The van der Waals surface area contributed by atoms with Crippen LogP contribution in [0, 0.1) is 5.92 Å². The molecule has 1 saturated carbocycles. The molecule has 0 unspecified atom stereocenters. The van der Waals surface area contributed by atoms with Gasteiger partial charge in [-0.3, -0.25) is 19.6 Å². The zero-order valence-electron chi connectivity index (χ0n) is 12.2. The molecule has 2 aromatic rings. The van der Waals surface area contributed by atoms with E-state index in [1.807, 2.05) is 11.1 Å². The average molecular weight is 316 g/mol. The molecule has 120 valence electrons. The molecule has 2 heterocycles. The van der Waals surface area contributed by atoms with E-state index in [9.17, 15) is 19.5 Å². The molecule has 4 N–H and O–H groups in total. The highest BCUT2D eigenvalue weighted by Crippen LogP contribution is 2.37. The summed E-state index contributed by atoms with van der Waals surface area (Å²) in [7, 11) is 0. The van der Waals surface area contributed by atoms with Gasteiger partial charge in [0.2, 0.25) is 0 Å². The molecule has 3 rings (SSSR count). The molecule has 0 radical (unpaired) electrons. The SMILES string of the molecule is O=C(N[C@H](c1ccccn1)C1CC(O)C1)c1cc(=O)[nH]c(=O)[nH]1. The Bertz CT molecular complexity index is 780. The summed E-state index contributed by atoms with van der Waals surface area (Å²) in [6.07, 6.45) is 2.38. The van der Waals surface area contributed by atoms with Crippen molar-refractivity contribution in [3.8, 4) is 0 Å². The predicted molar refractivity (Wildman–Crippen MR) is 80.9 cm³/mol. The summed E-state index contributed by atoms with van der Waals surface area (Å²) in [5.41, 5.74) is -0.826. The van der Waals surface area contributed by atoms with Crippen molar-refractivity contribution in [2.75, 3.05) is 0 Å². The third-order valence-corrected chi connectivity index (χ3v) is 3.92. The lowest BCUT2D eigenvalue weighted by Gasteiger charge is -2.37. The first-order chi connectivity index (χ1) is 11.0. The number of nitrogens with one attached hydrogen (secondary N) is 3. The molecule has 1 aliphatic carbocycles. The third-order valence-electron chi connectivity index (χ3n) is 3.92. The normalized spacial score (nSPS) is 21.3. The lowest BCUT2D eigenvalue weighted by molar-refractivity contribution is 0.0227. The summed E-state index contributed by atoms with van der Waals surface area (Å²) in [5.74, 6) is -0.511. The Morgan fingerprint density at radius 3 is 2.70 bits per heavy atom. The van der Waals surface area contributed by atoms with Crippen LogP contribution in [0.1, 0.15) is 35.1 Å². The van der Waals surface area contributed by atoms with E-state index >= 15 is 0 Å². The summed E-state index contributed by atoms with van der Waals surface area (Å²) < 4.78 is 0. The number of carbonyl (C=O) groups excluding carboxylic acids is 1. The Morgan fingerprint density at radius 2 is 2.09 bits per heavy atom. The van der Waals surface area contributed by atoms with Crippen LogP contribution in [0.5, 0.6) is 0 Å². The van der Waals surface area contributed by atoms with Crippen LogP contribution in [-0.4, -0.2) is 32.1 Å². The van der Waals surface area contributed by atoms with Crippen molar-refractivity contribution in [2.45, 2.75) is 25.0 Å². The first-order valence-electron chi connectivity index (χ1n) is 7.26. The lowest BCUT2D eigenvalue weighted by Crippen LogP contribution is -2.42. The van der Waals surface area contributed by atoms with Gasteiger partial charge in [0.1, 0.15) is 5.69 Å². The fraction of sp³-hybridized carbons (Fsp3) is 0.333. The van der Waals surface area contributed by atoms with Crippen LogP contribution in [-0.2, 0) is 0 Å². The van der Waals surface area contributed by atoms with Crippen molar-refractivity contribution >= 4 is 5.91 Å². The zero-order valence-corrected chi connectivity index (χ0v) is 12.2. The number of hydrogen-bond acceptors (Lipinski definition) is 5. The van der Waals surface area contributed by atoms with Crippen molar-refractivity contribution in [1.29, 1.82) is 0 Å². The number of aliphatic hydroxyl groups excluding tert-OH is 1. The van der Waals surface area contributed by atoms with Crippen molar-refractivity contribution in [3.05, 3.63) is 62.7 Å². The van der Waals surface area contributed by atoms with Gasteiger partial charge in [-0.1, -0.05) is 6.07 Å². The summed E-state index contributed by atoms with van der Waals surface area (Å²) >= 11 is 0. The van der Waals surface area contributed by atoms with Crippen LogP contribution in [0.4, 0.5) is 0 Å². The monoisotopic (exact) mass is 316 g/mol. The standard InChI is InChI=1S/C15H16N4O4/c20-9-5-8(6-9)13(10-3-1-2-4-16-10)19-14(22)11-7-12(21)18-15(23)17-11/h1-4,7-9,13,20H,5-6H2,(H,19,22)(H2,17,18,21,23)/t8?,9?,13-/m0/s1. The van der Waals surface area contributed by atoms with Crippen molar-refractivity contribution in [1.82, 2.24) is 20.3 Å². The topological polar surface area (TPSA) is 128 Å². The molecule has 2 aromatic heterocycles. The number of H-pyrrole nitrogens is 2. The second kappa shape index (κ2) is 6.17. The summed E-state index contributed by atoms with van der Waals surface area (Å²) in [5, 5.41) is 12.3. The Labute approximate surface area is 130 Å². The molecule has 23 heavy (non-hydrogen) atoms. The molecule has 8 nitrogen and oxygen atoms in total. The molecule has 1 atom stereocenters. The van der Waals surface area contributed by atoms with Gasteiger partial charge in [-0.25, -0.2) is 4.79 Å². The minimum Gasteiger partial charge on any atom is -0.393 e.